The van der Waals surface area contributed by atoms with Crippen molar-refractivity contribution in [2.75, 3.05) is 97.3 Å². The van der Waals surface area contributed by atoms with E-state index in [9.17, 15) is 25.5 Å². The van der Waals surface area contributed by atoms with Crippen molar-refractivity contribution in [1.82, 2.24) is 48.9 Å². The van der Waals surface area contributed by atoms with E-state index in [1.54, 1.807) is 91.0 Å². The van der Waals surface area contributed by atoms with Crippen molar-refractivity contribution in [2.45, 2.75) is 162 Å². The van der Waals surface area contributed by atoms with Gasteiger partial charge in [0, 0.05) is 127 Å². The third-order valence-corrected chi connectivity index (χ3v) is 23.0. The minimum atomic E-state index is 0.173. The van der Waals surface area contributed by atoms with Gasteiger partial charge in [-0.25, -0.2) is 4.68 Å². The Morgan fingerprint density at radius 2 is 0.712 bits per heavy atom. The molecule has 125 heavy (non-hydrogen) atoms. The van der Waals surface area contributed by atoms with Gasteiger partial charge in [0.05, 0.1) is 104 Å². The van der Waals surface area contributed by atoms with Crippen LogP contribution in [0.5, 0.6) is 57.5 Å². The molecule has 10 aromatic rings. The Labute approximate surface area is 736 Å². The smallest absolute Gasteiger partial charge is 0.130 e. The van der Waals surface area contributed by atoms with E-state index in [4.69, 9.17) is 42.6 Å². The molecule has 25 heteroatoms. The lowest BCUT2D eigenvalue weighted by atomic mass is 9.86. The van der Waals surface area contributed by atoms with Gasteiger partial charge in [-0.1, -0.05) is 93.6 Å². The Hall–Kier alpha value is -12.0. The number of hydrogen-bond donors (Lipinski definition) is 5. The molecule has 0 radical (unpaired) electrons. The van der Waals surface area contributed by atoms with Crippen LogP contribution in [0.3, 0.4) is 0 Å². The summed E-state index contributed by atoms with van der Waals surface area (Å²) in [7, 11) is 0. The number of rotatable bonds is 30. The van der Waals surface area contributed by atoms with Crippen LogP contribution in [0.25, 0.3) is 41.5 Å². The second-order valence-electron chi connectivity index (χ2n) is 32.9. The van der Waals surface area contributed by atoms with Gasteiger partial charge in [0.15, 0.2) is 0 Å². The first-order chi connectivity index (χ1) is 60.6. The summed E-state index contributed by atoms with van der Waals surface area (Å²) in [6.07, 6.45) is 24.3. The summed E-state index contributed by atoms with van der Waals surface area (Å²) in [5.41, 5.74) is 12.4. The van der Waals surface area contributed by atoms with Crippen LogP contribution in [0, 0.1) is 11.8 Å². The maximum atomic E-state index is 9.95. The highest BCUT2D eigenvalue weighted by Crippen LogP contribution is 2.41. The Bertz CT molecular complexity index is 4810. The first-order valence-electron chi connectivity index (χ1n) is 43.6. The minimum absolute atomic E-state index is 0.173. The van der Waals surface area contributed by atoms with Crippen molar-refractivity contribution in [3.63, 3.8) is 0 Å². The fourth-order valence-electron chi connectivity index (χ4n) is 16.4. The van der Waals surface area contributed by atoms with Gasteiger partial charge in [0.25, 0.3) is 0 Å². The molecule has 3 saturated heterocycles. The molecule has 3 fully saturated rings. The zero-order valence-corrected chi connectivity index (χ0v) is 74.3. The molecule has 5 aliphatic rings. The van der Waals surface area contributed by atoms with Gasteiger partial charge in [-0.3, -0.25) is 18.7 Å². The summed E-state index contributed by atoms with van der Waals surface area (Å²) in [6.45, 7) is 49.1. The number of piperidine rings is 1. The lowest BCUT2D eigenvalue weighted by molar-refractivity contribution is 0.0272. The number of nitrogens with zero attached hydrogens (tertiary/aromatic N) is 11. The van der Waals surface area contributed by atoms with Crippen molar-refractivity contribution < 1.29 is 68.2 Å². The maximum absolute atomic E-state index is 9.95. The van der Waals surface area contributed by atoms with Gasteiger partial charge in [-0.15, -0.1) is 0 Å². The number of benzene rings is 5. The van der Waals surface area contributed by atoms with E-state index in [0.29, 0.717) is 165 Å². The van der Waals surface area contributed by atoms with Gasteiger partial charge < -0.3 is 73.1 Å². The summed E-state index contributed by atoms with van der Waals surface area (Å²) < 4.78 is 63.2. The van der Waals surface area contributed by atoms with E-state index in [0.717, 1.165) is 80.2 Å². The van der Waals surface area contributed by atoms with E-state index in [-0.39, 0.29) is 52.7 Å². The van der Waals surface area contributed by atoms with Gasteiger partial charge >= 0.3 is 0 Å². The van der Waals surface area contributed by atoms with Crippen molar-refractivity contribution in [1.29, 1.82) is 0 Å². The minimum Gasteiger partial charge on any atom is -0.507 e. The molecule has 5 aromatic heterocycles. The fraction of sp³-hybridized carbons (Fsp3) is 0.410. The largest absolute Gasteiger partial charge is 0.507 e. The summed E-state index contributed by atoms with van der Waals surface area (Å²) >= 11 is 0. The van der Waals surface area contributed by atoms with Crippen molar-refractivity contribution >= 4 is 47.3 Å². The summed E-state index contributed by atoms with van der Waals surface area (Å²) in [4.78, 5) is 2.41. The van der Waals surface area contributed by atoms with Crippen LogP contribution in [-0.2, 0) is 18.9 Å². The molecule has 0 saturated carbocycles. The fourth-order valence-corrected chi connectivity index (χ4v) is 16.4. The summed E-state index contributed by atoms with van der Waals surface area (Å²) in [5.74, 6) is 6.52. The number of anilines is 1. The number of aromatic hydroxyl groups is 5. The van der Waals surface area contributed by atoms with E-state index in [2.05, 4.69) is 165 Å². The molecule has 0 amide bonds. The molecule has 5 unspecified atom stereocenters. The number of ether oxygens (including phenoxy) is 9. The standard InChI is InChI=1S/C20H27N3O2.2C20H26N2O3.2C20H24N2O3/c1-4-17-18(24)9-7-10-19(17)25-14-16-8-5-6-13-22(16)20-11-12-21-23(20)15(2)3;4*1-4-16-19(23)6-5-7-20(16)25-12-15-9-11-24-13-17(15)18-8-10-21-22(18)14(2)3/h4,7,9-12,15-16,24H,1,5-6,8,13-14H2,2-3H3;2*4-8,10,14-15,17,23H,1,9,11-13H2,2-3H3;2*4-8,10,14,23H,1,9,11-13H2,2-3H3. The lowest BCUT2D eigenvalue weighted by Gasteiger charge is -2.37. The first kappa shape index (κ1) is 93.7. The Morgan fingerprint density at radius 3 is 1.08 bits per heavy atom. The third-order valence-electron chi connectivity index (χ3n) is 23.0. The van der Waals surface area contributed by atoms with Crippen LogP contribution in [0.15, 0.2) is 196 Å². The maximum Gasteiger partial charge on any atom is 0.130 e. The van der Waals surface area contributed by atoms with E-state index < -0.39 is 0 Å². The molecule has 10 heterocycles. The Balaban J connectivity index is 0.000000152. The van der Waals surface area contributed by atoms with Gasteiger partial charge in [-0.05, 0) is 210 Å². The normalized spacial score (nSPS) is 17.7. The molecule has 15 rings (SSSR count). The molecule has 25 nitrogen and oxygen atoms in total. The number of aromatic nitrogens is 10. The number of hydrogen-bond acceptors (Lipinski definition) is 20. The highest BCUT2D eigenvalue weighted by Gasteiger charge is 2.34. The molecule has 0 aliphatic carbocycles. The van der Waals surface area contributed by atoms with Crippen LogP contribution in [0.1, 0.15) is 207 Å². The topological polar surface area (TPSA) is 277 Å². The molecule has 5 N–H and O–H groups in total. The molecule has 5 atom stereocenters. The average Bonchev–Trinajstić information content (AvgIpc) is 1.77. The zero-order valence-electron chi connectivity index (χ0n) is 74.3. The Morgan fingerprint density at radius 1 is 0.376 bits per heavy atom. The summed E-state index contributed by atoms with van der Waals surface area (Å²) in [5, 5.41) is 71.9. The van der Waals surface area contributed by atoms with Crippen molar-refractivity contribution in [3.8, 4) is 57.5 Å². The zero-order chi connectivity index (χ0) is 89.1. The van der Waals surface area contributed by atoms with Crippen molar-refractivity contribution in [2.24, 2.45) is 11.8 Å². The van der Waals surface area contributed by atoms with Gasteiger partial charge in [0.2, 0.25) is 0 Å². The monoisotopic (exact) mass is 1710 g/mol. The van der Waals surface area contributed by atoms with Crippen LogP contribution in [0.2, 0.25) is 0 Å². The molecule has 0 spiro atoms. The van der Waals surface area contributed by atoms with Crippen LogP contribution < -0.4 is 28.6 Å². The van der Waals surface area contributed by atoms with Gasteiger partial charge in [-0.2, -0.15) is 25.5 Å². The predicted molar refractivity (Wildman–Crippen MR) is 495 cm³/mol. The number of phenols is 5. The average molecular weight is 1710 g/mol. The highest BCUT2D eigenvalue weighted by molar-refractivity contribution is 5.71. The molecular formula is C100H127N11O14. The number of phenolic OH excluding ortho intramolecular Hbond substituents is 5. The van der Waals surface area contributed by atoms with E-state index in [1.165, 1.54) is 35.4 Å². The van der Waals surface area contributed by atoms with Crippen molar-refractivity contribution in [3.05, 3.63) is 247 Å². The third kappa shape index (κ3) is 23.9. The SMILES string of the molecule is C=Cc1c(O)cccc1OCC1=C(c2ccnn2C(C)C)COCC1.C=Cc1c(O)cccc1OCC1=C(c2ccnn2C(C)C)COCC1.C=Cc1c(O)cccc1OCC1CCCCN1c1ccnn1C(C)C.C=Cc1c(O)cccc1OCC1CCOCC1c1ccnn1C(C)C.C=Cc1c(O)cccc1OCC1CCOCC1c1ccnn1C(C)C. The quantitative estimate of drug-likeness (QED) is 0.0280. The molecule has 0 bridgehead atoms. The van der Waals surface area contributed by atoms with E-state index >= 15 is 0 Å². The second kappa shape index (κ2) is 46.1. The second-order valence-corrected chi connectivity index (χ2v) is 32.9. The molecule has 666 valence electrons. The van der Waals surface area contributed by atoms with Crippen LogP contribution in [-0.4, -0.2) is 173 Å². The van der Waals surface area contributed by atoms with Gasteiger partial charge in [0.1, 0.15) is 83.1 Å². The van der Waals surface area contributed by atoms with Crippen LogP contribution in [0.4, 0.5) is 5.82 Å². The first-order valence-corrected chi connectivity index (χ1v) is 43.6. The van der Waals surface area contributed by atoms with Crippen LogP contribution >= 0.6 is 0 Å². The predicted octanol–water partition coefficient (Wildman–Crippen LogP) is 20.4. The molecular weight excluding hydrogens is 1580 g/mol. The molecule has 5 aliphatic heterocycles. The lowest BCUT2D eigenvalue weighted by Crippen LogP contribution is -2.44. The highest BCUT2D eigenvalue weighted by atomic mass is 16.5. The Kier molecular flexibility index (Phi) is 34.5. The molecule has 5 aromatic carbocycles. The summed E-state index contributed by atoms with van der Waals surface area (Å²) in [6, 6.07) is 38.5. The van der Waals surface area contributed by atoms with E-state index in [1.807, 2.05) is 82.8 Å².